The van der Waals surface area contributed by atoms with E-state index >= 15 is 0 Å². The number of nitrogens with zero attached hydrogens (tertiary/aromatic N) is 1. The highest BCUT2D eigenvalue weighted by atomic mass is 16.5. The van der Waals surface area contributed by atoms with Gasteiger partial charge in [-0.3, -0.25) is 4.79 Å². The summed E-state index contributed by atoms with van der Waals surface area (Å²) in [6, 6.07) is 8.30. The van der Waals surface area contributed by atoms with Crippen LogP contribution in [0.5, 0.6) is 5.75 Å². The van der Waals surface area contributed by atoms with Gasteiger partial charge in [-0.2, -0.15) is 0 Å². The van der Waals surface area contributed by atoms with Crippen molar-refractivity contribution in [3.05, 3.63) is 29.8 Å². The van der Waals surface area contributed by atoms with Crippen molar-refractivity contribution in [3.63, 3.8) is 0 Å². The van der Waals surface area contributed by atoms with Crippen LogP contribution in [-0.4, -0.2) is 24.5 Å². The lowest BCUT2D eigenvalue weighted by atomic mass is 10.0. The van der Waals surface area contributed by atoms with Gasteiger partial charge in [-0.25, -0.2) is 0 Å². The molecule has 19 heavy (non-hydrogen) atoms. The summed E-state index contributed by atoms with van der Waals surface area (Å²) in [4.78, 5) is 14.3. The first-order chi connectivity index (χ1) is 9.11. The van der Waals surface area contributed by atoms with Gasteiger partial charge < -0.3 is 9.64 Å². The van der Waals surface area contributed by atoms with E-state index in [1.807, 2.05) is 23.1 Å². The average molecular weight is 261 g/mol. The van der Waals surface area contributed by atoms with Crippen LogP contribution < -0.4 is 4.74 Å². The first-order valence-electron chi connectivity index (χ1n) is 7.05. The molecule has 0 aromatic heterocycles. The van der Waals surface area contributed by atoms with Gasteiger partial charge in [0.25, 0.3) is 0 Å². The first-order valence-corrected chi connectivity index (χ1v) is 7.05. The van der Waals surface area contributed by atoms with Gasteiger partial charge in [0.15, 0.2) is 0 Å². The van der Waals surface area contributed by atoms with Crippen molar-refractivity contribution >= 4 is 5.91 Å². The second-order valence-electron chi connectivity index (χ2n) is 5.62. The number of amides is 1. The summed E-state index contributed by atoms with van der Waals surface area (Å²) >= 11 is 0. The standard InChI is InChI=1S/C16H23NO2/c1-12(2)10-16(18)17-9-5-8-15(17)13-6-4-7-14(11-13)19-3/h4,6-7,11-12,15H,5,8-10H2,1-3H3. The molecule has 104 valence electrons. The highest BCUT2D eigenvalue weighted by molar-refractivity contribution is 5.77. The van der Waals surface area contributed by atoms with Crippen LogP contribution >= 0.6 is 0 Å². The van der Waals surface area contributed by atoms with Gasteiger partial charge in [0, 0.05) is 13.0 Å². The molecule has 0 bridgehead atoms. The van der Waals surface area contributed by atoms with Gasteiger partial charge in [-0.05, 0) is 36.5 Å². The van der Waals surface area contributed by atoms with Gasteiger partial charge in [-0.1, -0.05) is 26.0 Å². The molecule has 0 aliphatic carbocycles. The van der Waals surface area contributed by atoms with Crippen molar-refractivity contribution in [1.82, 2.24) is 4.90 Å². The molecule has 1 atom stereocenters. The van der Waals surface area contributed by atoms with Crippen molar-refractivity contribution in [3.8, 4) is 5.75 Å². The maximum Gasteiger partial charge on any atom is 0.223 e. The van der Waals surface area contributed by atoms with Crippen LogP contribution in [-0.2, 0) is 4.79 Å². The summed E-state index contributed by atoms with van der Waals surface area (Å²) in [6.07, 6.45) is 2.78. The number of carbonyl (C=O) groups is 1. The third kappa shape index (κ3) is 3.28. The maximum absolute atomic E-state index is 12.3. The van der Waals surface area contributed by atoms with Crippen LogP contribution in [0.3, 0.4) is 0 Å². The Morgan fingerprint density at radius 1 is 1.47 bits per heavy atom. The van der Waals surface area contributed by atoms with Crippen LogP contribution in [0.15, 0.2) is 24.3 Å². The molecule has 3 nitrogen and oxygen atoms in total. The predicted molar refractivity (Wildman–Crippen MR) is 76.1 cm³/mol. The fraction of sp³-hybridized carbons (Fsp3) is 0.562. The minimum absolute atomic E-state index is 0.223. The number of methoxy groups -OCH3 is 1. The fourth-order valence-corrected chi connectivity index (χ4v) is 2.73. The molecule has 1 unspecified atom stereocenters. The van der Waals surface area contributed by atoms with Gasteiger partial charge >= 0.3 is 0 Å². The van der Waals surface area contributed by atoms with Crippen LogP contribution in [0, 0.1) is 5.92 Å². The van der Waals surface area contributed by atoms with Crippen LogP contribution in [0.2, 0.25) is 0 Å². The molecule has 0 N–H and O–H groups in total. The van der Waals surface area contributed by atoms with E-state index in [9.17, 15) is 4.79 Å². The molecule has 1 fully saturated rings. The third-order valence-electron chi connectivity index (χ3n) is 3.63. The van der Waals surface area contributed by atoms with Crippen molar-refractivity contribution in [2.24, 2.45) is 5.92 Å². The van der Waals surface area contributed by atoms with E-state index in [2.05, 4.69) is 19.9 Å². The number of benzene rings is 1. The monoisotopic (exact) mass is 261 g/mol. The van der Waals surface area contributed by atoms with Crippen molar-refractivity contribution in [1.29, 1.82) is 0 Å². The Balaban J connectivity index is 2.15. The van der Waals surface area contributed by atoms with E-state index < -0.39 is 0 Å². The highest BCUT2D eigenvalue weighted by Gasteiger charge is 2.30. The van der Waals surface area contributed by atoms with E-state index in [4.69, 9.17) is 4.74 Å². The molecule has 3 heteroatoms. The number of likely N-dealkylation sites (tertiary alicyclic amines) is 1. The second-order valence-corrected chi connectivity index (χ2v) is 5.62. The van der Waals surface area contributed by atoms with Gasteiger partial charge in [-0.15, -0.1) is 0 Å². The largest absolute Gasteiger partial charge is 0.497 e. The van der Waals surface area contributed by atoms with Crippen LogP contribution in [0.4, 0.5) is 0 Å². The molecule has 1 amide bonds. The zero-order chi connectivity index (χ0) is 13.8. The summed E-state index contributed by atoms with van der Waals surface area (Å²) in [7, 11) is 1.68. The average Bonchev–Trinajstić information content (AvgIpc) is 2.87. The Morgan fingerprint density at radius 2 is 2.26 bits per heavy atom. The lowest BCUT2D eigenvalue weighted by Crippen LogP contribution is -2.31. The number of carbonyl (C=O) groups excluding carboxylic acids is 1. The van der Waals surface area contributed by atoms with Gasteiger partial charge in [0.2, 0.25) is 5.91 Å². The molecule has 2 rings (SSSR count). The number of ether oxygens (including phenoxy) is 1. The van der Waals surface area contributed by atoms with Gasteiger partial charge in [0.1, 0.15) is 5.75 Å². The Bertz CT molecular complexity index is 442. The Morgan fingerprint density at radius 3 is 2.95 bits per heavy atom. The van der Waals surface area contributed by atoms with E-state index in [0.717, 1.165) is 25.1 Å². The van der Waals surface area contributed by atoms with Crippen LogP contribution in [0.25, 0.3) is 0 Å². The quantitative estimate of drug-likeness (QED) is 0.831. The van der Waals surface area contributed by atoms with Crippen LogP contribution in [0.1, 0.15) is 44.7 Å². The Hall–Kier alpha value is -1.51. The van der Waals surface area contributed by atoms with Crippen molar-refractivity contribution in [2.75, 3.05) is 13.7 Å². The van der Waals surface area contributed by atoms with Crippen molar-refractivity contribution < 1.29 is 9.53 Å². The van der Waals surface area contributed by atoms with E-state index in [-0.39, 0.29) is 11.9 Å². The molecular formula is C16H23NO2. The zero-order valence-electron chi connectivity index (χ0n) is 12.1. The fourth-order valence-electron chi connectivity index (χ4n) is 2.73. The van der Waals surface area contributed by atoms with Gasteiger partial charge in [0.05, 0.1) is 13.2 Å². The maximum atomic E-state index is 12.3. The van der Waals surface area contributed by atoms with Crippen molar-refractivity contribution in [2.45, 2.75) is 39.2 Å². The predicted octanol–water partition coefficient (Wildman–Crippen LogP) is 3.40. The summed E-state index contributed by atoms with van der Waals surface area (Å²) in [5.41, 5.74) is 1.19. The lowest BCUT2D eigenvalue weighted by Gasteiger charge is -2.26. The van der Waals surface area contributed by atoms with E-state index in [0.29, 0.717) is 12.3 Å². The zero-order valence-corrected chi connectivity index (χ0v) is 12.1. The smallest absolute Gasteiger partial charge is 0.223 e. The number of hydrogen-bond donors (Lipinski definition) is 0. The number of rotatable bonds is 4. The molecule has 0 radical (unpaired) electrons. The third-order valence-corrected chi connectivity index (χ3v) is 3.63. The molecule has 1 aromatic carbocycles. The Kier molecular flexibility index (Phi) is 4.46. The van der Waals surface area contributed by atoms with E-state index in [1.165, 1.54) is 5.56 Å². The molecule has 1 aromatic rings. The summed E-state index contributed by atoms with van der Waals surface area (Å²) in [6.45, 7) is 5.07. The number of hydrogen-bond acceptors (Lipinski definition) is 2. The molecule has 1 aliphatic rings. The first kappa shape index (κ1) is 13.9. The minimum Gasteiger partial charge on any atom is -0.497 e. The SMILES string of the molecule is COc1cccc(C2CCCN2C(=O)CC(C)C)c1. The highest BCUT2D eigenvalue weighted by Crippen LogP contribution is 2.34. The molecule has 0 saturated carbocycles. The minimum atomic E-state index is 0.223. The molecule has 0 spiro atoms. The Labute approximate surface area is 115 Å². The normalized spacial score (nSPS) is 18.9. The summed E-state index contributed by atoms with van der Waals surface area (Å²) in [5.74, 6) is 1.56. The second kappa shape index (κ2) is 6.09. The lowest BCUT2D eigenvalue weighted by molar-refractivity contribution is -0.132. The summed E-state index contributed by atoms with van der Waals surface area (Å²) < 4.78 is 5.27. The summed E-state index contributed by atoms with van der Waals surface area (Å²) in [5, 5.41) is 0. The molecule has 1 saturated heterocycles. The molecule has 1 aliphatic heterocycles. The topological polar surface area (TPSA) is 29.5 Å². The van der Waals surface area contributed by atoms with E-state index in [1.54, 1.807) is 7.11 Å². The molecule has 1 heterocycles. The molecular weight excluding hydrogens is 238 g/mol.